The smallest absolute Gasteiger partial charge is 0.220 e. The fourth-order valence-electron chi connectivity index (χ4n) is 7.71. The summed E-state index contributed by atoms with van der Waals surface area (Å²) < 4.78 is 0. The number of amides is 1. The Balaban J connectivity index is 3.59. The maximum absolute atomic E-state index is 12.4. The third kappa shape index (κ3) is 47.0. The first-order valence-electron chi connectivity index (χ1n) is 26.0. The van der Waals surface area contributed by atoms with Crippen molar-refractivity contribution in [3.05, 3.63) is 60.8 Å². The van der Waals surface area contributed by atoms with Gasteiger partial charge in [-0.3, -0.25) is 4.79 Å². The molecule has 3 N–H and O–H groups in total. The zero-order chi connectivity index (χ0) is 42.8. The molecule has 1 amide bonds. The zero-order valence-corrected chi connectivity index (χ0v) is 39.5. The molecule has 0 saturated carbocycles. The summed E-state index contributed by atoms with van der Waals surface area (Å²) in [7, 11) is 0. The van der Waals surface area contributed by atoms with Gasteiger partial charge in [0.1, 0.15) is 0 Å². The number of carbonyl (C=O) groups is 1. The van der Waals surface area contributed by atoms with Crippen LogP contribution in [0.4, 0.5) is 0 Å². The highest BCUT2D eigenvalue weighted by molar-refractivity contribution is 5.76. The van der Waals surface area contributed by atoms with Crippen LogP contribution in [0.15, 0.2) is 60.8 Å². The molecule has 0 aliphatic heterocycles. The van der Waals surface area contributed by atoms with Crippen LogP contribution in [-0.4, -0.2) is 34.9 Å². The normalized spacial score (nSPS) is 13.4. The maximum Gasteiger partial charge on any atom is 0.220 e. The second-order valence-corrected chi connectivity index (χ2v) is 17.6. The second-order valence-electron chi connectivity index (χ2n) is 17.6. The summed E-state index contributed by atoms with van der Waals surface area (Å²) in [6.07, 6.45) is 70.8. The molecule has 4 nitrogen and oxygen atoms in total. The summed E-state index contributed by atoms with van der Waals surface area (Å²) in [6.45, 7) is 4.28. The molecule has 59 heavy (non-hydrogen) atoms. The van der Waals surface area contributed by atoms with Gasteiger partial charge in [-0.1, -0.05) is 242 Å². The molecular formula is C55H101NO3. The average Bonchev–Trinajstić information content (AvgIpc) is 3.24. The number of rotatable bonds is 47. The van der Waals surface area contributed by atoms with Crippen molar-refractivity contribution >= 4 is 5.91 Å². The van der Waals surface area contributed by atoms with Gasteiger partial charge in [-0.15, -0.1) is 0 Å². The van der Waals surface area contributed by atoms with E-state index >= 15 is 0 Å². The van der Waals surface area contributed by atoms with E-state index in [1.165, 1.54) is 199 Å². The lowest BCUT2D eigenvalue weighted by Crippen LogP contribution is -2.45. The van der Waals surface area contributed by atoms with Gasteiger partial charge >= 0.3 is 0 Å². The van der Waals surface area contributed by atoms with Crippen LogP contribution in [0.1, 0.15) is 264 Å². The van der Waals surface area contributed by atoms with Crippen LogP contribution in [-0.2, 0) is 4.79 Å². The highest BCUT2D eigenvalue weighted by Gasteiger charge is 2.17. The molecule has 0 heterocycles. The molecule has 0 bridgehead atoms. The SMILES string of the molecule is CCCCC/C=C\C/C=C\CCCCCCCCCCCC(=O)NC(CO)C(O)/C=C/CC/C=C/CC/C=C/CCCCCCCCCCCCCCCCCCCC. The minimum absolute atomic E-state index is 0.0825. The Morgan fingerprint density at radius 3 is 1.12 bits per heavy atom. The van der Waals surface area contributed by atoms with Gasteiger partial charge in [0.15, 0.2) is 0 Å². The molecule has 0 radical (unpaired) electrons. The lowest BCUT2D eigenvalue weighted by atomic mass is 10.0. The highest BCUT2D eigenvalue weighted by Crippen LogP contribution is 2.16. The van der Waals surface area contributed by atoms with Crippen molar-refractivity contribution in [1.82, 2.24) is 5.32 Å². The number of aliphatic hydroxyl groups excluding tert-OH is 2. The van der Waals surface area contributed by atoms with Crippen molar-refractivity contribution in [3.63, 3.8) is 0 Å². The van der Waals surface area contributed by atoms with Gasteiger partial charge in [-0.05, 0) is 77.0 Å². The first-order valence-corrected chi connectivity index (χ1v) is 26.0. The van der Waals surface area contributed by atoms with Crippen LogP contribution >= 0.6 is 0 Å². The molecule has 2 atom stereocenters. The van der Waals surface area contributed by atoms with Crippen LogP contribution < -0.4 is 5.32 Å². The van der Waals surface area contributed by atoms with Crippen molar-refractivity contribution in [2.24, 2.45) is 0 Å². The lowest BCUT2D eigenvalue weighted by Gasteiger charge is -2.19. The van der Waals surface area contributed by atoms with Crippen molar-refractivity contribution in [3.8, 4) is 0 Å². The van der Waals surface area contributed by atoms with Gasteiger partial charge in [-0.2, -0.15) is 0 Å². The van der Waals surface area contributed by atoms with Crippen molar-refractivity contribution in [2.45, 2.75) is 276 Å². The van der Waals surface area contributed by atoms with E-state index in [-0.39, 0.29) is 12.5 Å². The summed E-state index contributed by atoms with van der Waals surface area (Å²) in [4.78, 5) is 12.4. The van der Waals surface area contributed by atoms with E-state index in [0.29, 0.717) is 6.42 Å². The molecular weight excluding hydrogens is 723 g/mol. The first kappa shape index (κ1) is 57.1. The Kier molecular flexibility index (Phi) is 48.8. The molecule has 2 unspecified atom stereocenters. The molecule has 0 fully saturated rings. The summed E-state index contributed by atoms with van der Waals surface area (Å²) in [5.41, 5.74) is 0. The molecule has 4 heteroatoms. The number of carbonyl (C=O) groups excluding carboxylic acids is 1. The Bertz CT molecular complexity index is 981. The van der Waals surface area contributed by atoms with E-state index in [2.05, 4.69) is 67.8 Å². The van der Waals surface area contributed by atoms with E-state index in [1.54, 1.807) is 6.08 Å². The number of unbranched alkanes of at least 4 members (excludes halogenated alkanes) is 32. The fraction of sp³-hybridized carbons (Fsp3) is 0.800. The van der Waals surface area contributed by atoms with Crippen LogP contribution in [0.25, 0.3) is 0 Å². The number of aliphatic hydroxyl groups is 2. The quantitative estimate of drug-likeness (QED) is 0.0423. The molecule has 0 aromatic rings. The number of allylic oxidation sites excluding steroid dienone is 9. The zero-order valence-electron chi connectivity index (χ0n) is 39.5. The van der Waals surface area contributed by atoms with Gasteiger partial charge < -0.3 is 15.5 Å². The summed E-state index contributed by atoms with van der Waals surface area (Å²) >= 11 is 0. The van der Waals surface area contributed by atoms with Crippen LogP contribution in [0, 0.1) is 0 Å². The number of hydrogen-bond acceptors (Lipinski definition) is 3. The number of hydrogen-bond donors (Lipinski definition) is 3. The Hall–Kier alpha value is -1.91. The van der Waals surface area contributed by atoms with Gasteiger partial charge in [0, 0.05) is 6.42 Å². The Labute approximate surface area is 368 Å². The molecule has 0 spiro atoms. The largest absolute Gasteiger partial charge is 0.394 e. The molecule has 0 aromatic heterocycles. The standard InChI is InChI=1S/C55H101NO3/c1-3-5-7-9-11-13-15-17-19-21-23-24-25-26-27-28-29-30-31-33-34-36-38-40-42-44-46-48-50-54(58)53(52-57)56-55(59)51-49-47-45-43-41-39-37-35-32-22-20-18-16-14-12-10-8-6-4-2/h12,14,18,20,33-34,40,42,48,50,53-54,57-58H,3-11,13,15-17,19,21-32,35-39,41,43-47,49,51-52H2,1-2H3,(H,56,59)/b14-12-,20-18-,34-33+,42-40+,50-48+. The van der Waals surface area contributed by atoms with Gasteiger partial charge in [0.05, 0.1) is 18.8 Å². The molecule has 0 saturated heterocycles. The Morgan fingerprint density at radius 2 is 0.712 bits per heavy atom. The van der Waals surface area contributed by atoms with Gasteiger partial charge in [0.25, 0.3) is 0 Å². The van der Waals surface area contributed by atoms with Gasteiger partial charge in [0.2, 0.25) is 5.91 Å². The predicted molar refractivity (Wildman–Crippen MR) is 262 cm³/mol. The average molecular weight is 824 g/mol. The summed E-state index contributed by atoms with van der Waals surface area (Å²) in [5, 5.41) is 23.1. The first-order chi connectivity index (χ1) is 29.2. The van der Waals surface area contributed by atoms with E-state index in [0.717, 1.165) is 44.9 Å². The van der Waals surface area contributed by atoms with Gasteiger partial charge in [-0.25, -0.2) is 0 Å². The molecule has 0 rings (SSSR count). The second kappa shape index (κ2) is 50.4. The van der Waals surface area contributed by atoms with Crippen molar-refractivity contribution < 1.29 is 15.0 Å². The molecule has 0 aromatic carbocycles. The maximum atomic E-state index is 12.4. The minimum Gasteiger partial charge on any atom is -0.394 e. The van der Waals surface area contributed by atoms with Crippen LogP contribution in [0.3, 0.4) is 0 Å². The van der Waals surface area contributed by atoms with E-state index < -0.39 is 12.1 Å². The highest BCUT2D eigenvalue weighted by atomic mass is 16.3. The monoisotopic (exact) mass is 824 g/mol. The topological polar surface area (TPSA) is 69.6 Å². The van der Waals surface area contributed by atoms with Crippen LogP contribution in [0.2, 0.25) is 0 Å². The summed E-state index contributed by atoms with van der Waals surface area (Å²) in [5.74, 6) is -0.0825. The molecule has 0 aliphatic rings. The summed E-state index contributed by atoms with van der Waals surface area (Å²) in [6, 6.07) is -0.650. The molecule has 0 aliphatic carbocycles. The fourth-order valence-corrected chi connectivity index (χ4v) is 7.71. The van der Waals surface area contributed by atoms with Crippen molar-refractivity contribution in [2.75, 3.05) is 6.61 Å². The van der Waals surface area contributed by atoms with E-state index in [1.807, 2.05) is 6.08 Å². The van der Waals surface area contributed by atoms with E-state index in [4.69, 9.17) is 0 Å². The third-order valence-corrected chi connectivity index (χ3v) is 11.7. The number of nitrogens with one attached hydrogen (secondary N) is 1. The lowest BCUT2D eigenvalue weighted by molar-refractivity contribution is -0.123. The minimum atomic E-state index is -0.875. The van der Waals surface area contributed by atoms with Crippen LogP contribution in [0.5, 0.6) is 0 Å². The third-order valence-electron chi connectivity index (χ3n) is 11.7. The van der Waals surface area contributed by atoms with E-state index in [9.17, 15) is 15.0 Å². The van der Waals surface area contributed by atoms with Crippen molar-refractivity contribution in [1.29, 1.82) is 0 Å². The Morgan fingerprint density at radius 1 is 0.407 bits per heavy atom. The molecule has 344 valence electrons. The predicted octanol–water partition coefficient (Wildman–Crippen LogP) is 16.9.